The van der Waals surface area contributed by atoms with Gasteiger partial charge in [0.1, 0.15) is 12.2 Å². The number of hydrogen-bond acceptors (Lipinski definition) is 5. The highest BCUT2D eigenvalue weighted by molar-refractivity contribution is 6.99. The fraction of sp³-hybridized carbons (Fsp3) is 0.455. The van der Waals surface area contributed by atoms with Gasteiger partial charge in [-0.05, 0) is 15.4 Å². The first-order chi connectivity index (χ1) is 13.4. The van der Waals surface area contributed by atoms with E-state index in [-0.39, 0.29) is 24.9 Å². The third-order valence-corrected chi connectivity index (χ3v) is 10.2. The zero-order chi connectivity index (χ0) is 20.2. The summed E-state index contributed by atoms with van der Waals surface area (Å²) in [6, 6.07) is 20.8. The molecule has 0 aliphatic carbocycles. The van der Waals surface area contributed by atoms with E-state index in [2.05, 4.69) is 45.0 Å². The number of hydrogen-bond donors (Lipinski definition) is 2. The van der Waals surface area contributed by atoms with Gasteiger partial charge < -0.3 is 24.1 Å². The van der Waals surface area contributed by atoms with Crippen LogP contribution in [0.1, 0.15) is 20.8 Å². The van der Waals surface area contributed by atoms with Crippen molar-refractivity contribution in [2.75, 3.05) is 19.8 Å². The molecule has 152 valence electrons. The molecule has 0 aromatic heterocycles. The van der Waals surface area contributed by atoms with Crippen molar-refractivity contribution >= 4 is 18.7 Å². The minimum absolute atomic E-state index is 0.127. The van der Waals surface area contributed by atoms with Crippen molar-refractivity contribution in [3.63, 3.8) is 0 Å². The van der Waals surface area contributed by atoms with Crippen LogP contribution in [0.5, 0.6) is 0 Å². The molecule has 0 bridgehead atoms. The quantitative estimate of drug-likeness (QED) is 0.690. The lowest BCUT2D eigenvalue weighted by molar-refractivity contribution is -0.106. The van der Waals surface area contributed by atoms with Crippen LogP contribution in [0.4, 0.5) is 0 Å². The second-order valence-corrected chi connectivity index (χ2v) is 12.5. The molecular weight excluding hydrogens is 372 g/mol. The van der Waals surface area contributed by atoms with Gasteiger partial charge in [0.05, 0.1) is 19.8 Å². The minimum Gasteiger partial charge on any atom is -0.402 e. The first kappa shape index (κ1) is 21.2. The van der Waals surface area contributed by atoms with Crippen molar-refractivity contribution in [1.29, 1.82) is 0 Å². The van der Waals surface area contributed by atoms with Crippen LogP contribution in [0, 0.1) is 0 Å². The molecule has 3 atom stereocenters. The second kappa shape index (κ2) is 8.86. The Labute approximate surface area is 168 Å². The van der Waals surface area contributed by atoms with Gasteiger partial charge in [-0.2, -0.15) is 0 Å². The lowest BCUT2D eigenvalue weighted by Crippen LogP contribution is -2.67. The SMILES string of the molecule is CC(C)(C)[Si](OCC1OCC(C(O)CO)O1)(c1ccccc1)c1ccccc1. The Morgan fingerprint density at radius 2 is 1.57 bits per heavy atom. The van der Waals surface area contributed by atoms with Crippen molar-refractivity contribution in [1.82, 2.24) is 0 Å². The largest absolute Gasteiger partial charge is 0.402 e. The van der Waals surface area contributed by atoms with Gasteiger partial charge in [0.2, 0.25) is 0 Å². The molecule has 2 aromatic carbocycles. The fourth-order valence-corrected chi connectivity index (χ4v) is 8.38. The summed E-state index contributed by atoms with van der Waals surface area (Å²) >= 11 is 0. The number of ether oxygens (including phenoxy) is 2. The zero-order valence-corrected chi connectivity index (χ0v) is 17.7. The van der Waals surface area contributed by atoms with Crippen LogP contribution in [-0.2, 0) is 13.9 Å². The Morgan fingerprint density at radius 3 is 2.04 bits per heavy atom. The van der Waals surface area contributed by atoms with Crippen LogP contribution in [0.2, 0.25) is 5.04 Å². The highest BCUT2D eigenvalue weighted by Gasteiger charge is 2.50. The summed E-state index contributed by atoms with van der Waals surface area (Å²) in [7, 11) is -2.65. The molecule has 0 spiro atoms. The van der Waals surface area contributed by atoms with E-state index in [1.54, 1.807) is 0 Å². The van der Waals surface area contributed by atoms with E-state index in [4.69, 9.17) is 19.0 Å². The fourth-order valence-electron chi connectivity index (χ4n) is 3.84. The zero-order valence-electron chi connectivity index (χ0n) is 16.7. The van der Waals surface area contributed by atoms with E-state index in [0.29, 0.717) is 0 Å². The maximum Gasteiger partial charge on any atom is 0.261 e. The molecule has 28 heavy (non-hydrogen) atoms. The average molecular weight is 403 g/mol. The predicted molar refractivity (Wildman–Crippen MR) is 111 cm³/mol. The Morgan fingerprint density at radius 1 is 1.04 bits per heavy atom. The first-order valence-electron chi connectivity index (χ1n) is 9.69. The van der Waals surface area contributed by atoms with E-state index < -0.39 is 26.8 Å². The number of aliphatic hydroxyl groups is 2. The molecule has 3 unspecified atom stereocenters. The second-order valence-electron chi connectivity index (χ2n) is 8.16. The van der Waals surface area contributed by atoms with Gasteiger partial charge in [-0.1, -0.05) is 81.4 Å². The van der Waals surface area contributed by atoms with Crippen LogP contribution < -0.4 is 10.4 Å². The van der Waals surface area contributed by atoms with Gasteiger partial charge in [-0.3, -0.25) is 0 Å². The molecule has 1 heterocycles. The van der Waals surface area contributed by atoms with Gasteiger partial charge in [0.25, 0.3) is 8.32 Å². The van der Waals surface area contributed by atoms with Crippen LogP contribution in [-0.4, -0.2) is 56.8 Å². The van der Waals surface area contributed by atoms with E-state index in [9.17, 15) is 5.11 Å². The van der Waals surface area contributed by atoms with E-state index >= 15 is 0 Å². The molecule has 1 saturated heterocycles. The third-order valence-electron chi connectivity index (χ3n) is 5.24. The molecule has 3 rings (SSSR count). The molecule has 0 radical (unpaired) electrons. The Bertz CT molecular complexity index is 692. The molecule has 1 aliphatic heterocycles. The number of benzene rings is 2. The summed E-state index contributed by atoms with van der Waals surface area (Å²) in [5.74, 6) is 0. The molecular formula is C22H30O5Si. The van der Waals surface area contributed by atoms with Crippen molar-refractivity contribution in [2.45, 2.75) is 44.3 Å². The average Bonchev–Trinajstić information content (AvgIpc) is 3.17. The molecule has 5 nitrogen and oxygen atoms in total. The minimum atomic E-state index is -2.65. The molecule has 1 aliphatic rings. The van der Waals surface area contributed by atoms with Crippen molar-refractivity contribution in [3.8, 4) is 0 Å². The first-order valence-corrected chi connectivity index (χ1v) is 11.6. The van der Waals surface area contributed by atoms with Gasteiger partial charge in [0, 0.05) is 0 Å². The smallest absolute Gasteiger partial charge is 0.261 e. The predicted octanol–water partition coefficient (Wildman–Crippen LogP) is 1.66. The van der Waals surface area contributed by atoms with Gasteiger partial charge in [0.15, 0.2) is 6.29 Å². The van der Waals surface area contributed by atoms with E-state index in [0.717, 1.165) is 0 Å². The van der Waals surface area contributed by atoms with Crippen molar-refractivity contribution < 1.29 is 24.1 Å². The summed E-state index contributed by atoms with van der Waals surface area (Å²) in [6.45, 7) is 6.81. The number of rotatable bonds is 7. The summed E-state index contributed by atoms with van der Waals surface area (Å²) in [6.07, 6.45) is -2.04. The topological polar surface area (TPSA) is 68.2 Å². The van der Waals surface area contributed by atoms with Gasteiger partial charge in [-0.15, -0.1) is 0 Å². The third kappa shape index (κ3) is 4.22. The highest BCUT2D eigenvalue weighted by atomic mass is 28.4. The summed E-state index contributed by atoms with van der Waals surface area (Å²) in [4.78, 5) is 0. The molecule has 0 saturated carbocycles. The molecule has 0 amide bonds. The van der Waals surface area contributed by atoms with Crippen molar-refractivity contribution in [3.05, 3.63) is 60.7 Å². The summed E-state index contributed by atoms with van der Waals surface area (Å²) in [5.41, 5.74) is 0. The maximum absolute atomic E-state index is 9.80. The normalized spacial score (nSPS) is 21.6. The van der Waals surface area contributed by atoms with E-state index in [1.165, 1.54) is 10.4 Å². The van der Waals surface area contributed by atoms with Crippen LogP contribution in [0.3, 0.4) is 0 Å². The van der Waals surface area contributed by atoms with Gasteiger partial charge >= 0.3 is 0 Å². The van der Waals surface area contributed by atoms with Crippen LogP contribution >= 0.6 is 0 Å². The van der Waals surface area contributed by atoms with Crippen molar-refractivity contribution in [2.24, 2.45) is 0 Å². The van der Waals surface area contributed by atoms with Crippen LogP contribution in [0.25, 0.3) is 0 Å². The molecule has 2 aromatic rings. The standard InChI is InChI=1S/C22H30O5Si/c1-22(2,3)28(17-10-6-4-7-11-17,18-12-8-5-9-13-18)26-16-21-25-15-20(27-21)19(24)14-23/h4-13,19-21,23-24H,14-16H2,1-3H3. The monoisotopic (exact) mass is 402 g/mol. The van der Waals surface area contributed by atoms with Crippen LogP contribution in [0.15, 0.2) is 60.7 Å². The highest BCUT2D eigenvalue weighted by Crippen LogP contribution is 2.37. The lowest BCUT2D eigenvalue weighted by atomic mass is 10.2. The molecule has 1 fully saturated rings. The lowest BCUT2D eigenvalue weighted by Gasteiger charge is -2.43. The van der Waals surface area contributed by atoms with Gasteiger partial charge in [-0.25, -0.2) is 0 Å². The Balaban J connectivity index is 1.91. The number of aliphatic hydroxyl groups excluding tert-OH is 2. The van der Waals surface area contributed by atoms with E-state index in [1.807, 2.05) is 36.4 Å². The molecule has 2 N–H and O–H groups in total. The Kier molecular flexibility index (Phi) is 6.70. The maximum atomic E-state index is 9.80. The summed E-state index contributed by atoms with van der Waals surface area (Å²) < 4.78 is 18.2. The Hall–Kier alpha value is -1.54. The molecule has 6 heteroatoms. The summed E-state index contributed by atoms with van der Waals surface area (Å²) in [5, 5.41) is 21.2.